The Balaban J connectivity index is 1.31. The largest absolute Gasteiger partial charge is 0.299 e. The van der Waals surface area contributed by atoms with Gasteiger partial charge in [-0.2, -0.15) is 0 Å². The summed E-state index contributed by atoms with van der Waals surface area (Å²) in [5.74, 6) is 6.56. The van der Waals surface area contributed by atoms with Gasteiger partial charge in [-0.25, -0.2) is 0 Å². The molecule has 9 atom stereocenters. The molecule has 0 heterocycles. The smallest absolute Gasteiger partial charge is 0.136 e. The lowest BCUT2D eigenvalue weighted by molar-refractivity contribution is -0.152. The highest BCUT2D eigenvalue weighted by Crippen LogP contribution is 2.68. The van der Waals surface area contributed by atoms with Gasteiger partial charge in [0.05, 0.1) is 0 Å². The maximum Gasteiger partial charge on any atom is 0.136 e. The lowest BCUT2D eigenvalue weighted by Crippen LogP contribution is -2.56. The lowest BCUT2D eigenvalue weighted by Gasteiger charge is -2.62. The number of fused-ring (bicyclic) bond motifs is 5. The summed E-state index contributed by atoms with van der Waals surface area (Å²) in [6.45, 7) is 12.6. The molecule has 0 aromatic heterocycles. The third-order valence-electron chi connectivity index (χ3n) is 12.3. The van der Waals surface area contributed by atoms with Crippen LogP contribution in [0, 0.1) is 58.2 Å². The average molecular weight is 511 g/mol. The van der Waals surface area contributed by atoms with Gasteiger partial charge in [0.25, 0.3) is 0 Å². The third-order valence-corrected chi connectivity index (χ3v) is 12.6. The SMILES string of the molecule is CC(C)CCC[C@@H](C)[C@H]1CC[C@H]2[C@@H]3CCC4C(Cc5ccc(Cl)cc5)C(=O)CC[C@]4(C)[C@H]3CC[C@]12C. The van der Waals surface area contributed by atoms with E-state index in [4.69, 9.17) is 11.6 Å². The van der Waals surface area contributed by atoms with Crippen LogP contribution >= 0.6 is 11.6 Å². The first-order chi connectivity index (χ1) is 17.1. The molecule has 4 aliphatic carbocycles. The van der Waals surface area contributed by atoms with Gasteiger partial charge in [0.15, 0.2) is 0 Å². The van der Waals surface area contributed by atoms with Crippen LogP contribution in [0.2, 0.25) is 5.02 Å². The molecule has 0 aliphatic heterocycles. The molecule has 1 aromatic rings. The van der Waals surface area contributed by atoms with Crippen LogP contribution < -0.4 is 0 Å². The Hall–Kier alpha value is -0.820. The summed E-state index contributed by atoms with van der Waals surface area (Å²) < 4.78 is 0. The molecule has 200 valence electrons. The summed E-state index contributed by atoms with van der Waals surface area (Å²) in [5, 5.41) is 0.786. The van der Waals surface area contributed by atoms with E-state index in [2.05, 4.69) is 46.8 Å². The number of halogens is 1. The van der Waals surface area contributed by atoms with E-state index in [0.717, 1.165) is 59.8 Å². The summed E-state index contributed by atoms with van der Waals surface area (Å²) in [4.78, 5) is 13.3. The van der Waals surface area contributed by atoms with E-state index in [0.29, 0.717) is 22.5 Å². The van der Waals surface area contributed by atoms with Crippen molar-refractivity contribution in [3.05, 3.63) is 34.9 Å². The summed E-state index contributed by atoms with van der Waals surface area (Å²) in [7, 11) is 0. The Morgan fingerprint density at radius 3 is 2.28 bits per heavy atom. The zero-order chi connectivity index (χ0) is 25.7. The number of carbonyl (C=O) groups excluding carboxylic acids is 1. The molecule has 1 nitrogen and oxygen atoms in total. The van der Waals surface area contributed by atoms with Gasteiger partial charge in [-0.1, -0.05) is 77.6 Å². The highest BCUT2D eigenvalue weighted by Gasteiger charge is 2.61. The maximum absolute atomic E-state index is 13.3. The Morgan fingerprint density at radius 1 is 0.861 bits per heavy atom. The normalized spacial score (nSPS) is 41.0. The van der Waals surface area contributed by atoms with Crippen molar-refractivity contribution < 1.29 is 4.79 Å². The number of carbonyl (C=O) groups is 1. The van der Waals surface area contributed by atoms with E-state index in [1.165, 1.54) is 63.4 Å². The Morgan fingerprint density at radius 2 is 1.56 bits per heavy atom. The van der Waals surface area contributed by atoms with Crippen molar-refractivity contribution in [3.8, 4) is 0 Å². The molecule has 0 bridgehead atoms. The predicted molar refractivity (Wildman–Crippen MR) is 152 cm³/mol. The Kier molecular flexibility index (Phi) is 7.73. The van der Waals surface area contributed by atoms with E-state index < -0.39 is 0 Å². The fourth-order valence-electron chi connectivity index (χ4n) is 10.5. The van der Waals surface area contributed by atoms with Gasteiger partial charge in [0.1, 0.15) is 5.78 Å². The van der Waals surface area contributed by atoms with Gasteiger partial charge in [-0.3, -0.25) is 4.79 Å². The molecule has 0 N–H and O–H groups in total. The first-order valence-electron chi connectivity index (χ1n) is 15.4. The molecule has 0 spiro atoms. The number of rotatable bonds is 7. The monoisotopic (exact) mass is 510 g/mol. The number of hydrogen-bond acceptors (Lipinski definition) is 1. The van der Waals surface area contributed by atoms with Crippen LogP contribution in [0.25, 0.3) is 0 Å². The average Bonchev–Trinajstić information content (AvgIpc) is 3.19. The van der Waals surface area contributed by atoms with E-state index in [1.54, 1.807) is 0 Å². The molecule has 36 heavy (non-hydrogen) atoms. The number of Topliss-reactive ketones (excluding diaryl/α,β-unsaturated/α-hetero) is 1. The molecular weight excluding hydrogens is 460 g/mol. The van der Waals surface area contributed by atoms with Crippen LogP contribution in [-0.4, -0.2) is 5.78 Å². The molecule has 0 amide bonds. The summed E-state index contributed by atoms with van der Waals surface area (Å²) in [5.41, 5.74) is 2.18. The standard InChI is InChI=1S/C34H51ClO/c1-22(2)7-6-8-23(3)28-15-16-29-26-13-14-30-27(21-24-9-11-25(35)12-10-24)32(36)18-20-34(30,5)31(26)17-19-33(28,29)4/h9-12,22-23,26-31H,6-8,13-21H2,1-5H3/t23-,26+,27?,28-,29+,30?,31+,33-,34+/m1/s1. The second-order valence-electron chi connectivity index (χ2n) is 14.5. The van der Waals surface area contributed by atoms with E-state index in [9.17, 15) is 4.79 Å². The minimum Gasteiger partial charge on any atom is -0.299 e. The van der Waals surface area contributed by atoms with Gasteiger partial charge < -0.3 is 0 Å². The Bertz CT molecular complexity index is 920. The molecule has 5 rings (SSSR count). The second kappa shape index (κ2) is 10.4. The van der Waals surface area contributed by atoms with E-state index in [-0.39, 0.29) is 5.92 Å². The van der Waals surface area contributed by atoms with Crippen LogP contribution in [-0.2, 0) is 11.2 Å². The molecule has 0 radical (unpaired) electrons. The van der Waals surface area contributed by atoms with Crippen molar-refractivity contribution >= 4 is 17.4 Å². The number of benzene rings is 1. The van der Waals surface area contributed by atoms with Gasteiger partial charge in [-0.05, 0) is 121 Å². The van der Waals surface area contributed by atoms with Gasteiger partial charge in [0.2, 0.25) is 0 Å². The lowest BCUT2D eigenvalue weighted by atomic mass is 9.43. The molecule has 2 heteroatoms. The molecule has 4 fully saturated rings. The molecule has 0 saturated heterocycles. The van der Waals surface area contributed by atoms with Crippen molar-refractivity contribution in [2.75, 3.05) is 0 Å². The maximum atomic E-state index is 13.3. The van der Waals surface area contributed by atoms with Crippen molar-refractivity contribution in [3.63, 3.8) is 0 Å². The molecule has 4 aliphatic rings. The summed E-state index contributed by atoms with van der Waals surface area (Å²) in [6.07, 6.45) is 15.4. The van der Waals surface area contributed by atoms with Gasteiger partial charge in [0, 0.05) is 17.4 Å². The second-order valence-corrected chi connectivity index (χ2v) is 14.9. The summed E-state index contributed by atoms with van der Waals surface area (Å²) in [6, 6.07) is 8.26. The minimum atomic E-state index is 0.205. The first kappa shape index (κ1) is 26.8. The highest BCUT2D eigenvalue weighted by molar-refractivity contribution is 6.30. The number of ketones is 1. The van der Waals surface area contributed by atoms with Crippen LogP contribution in [0.4, 0.5) is 0 Å². The van der Waals surface area contributed by atoms with Crippen molar-refractivity contribution in [2.24, 2.45) is 58.2 Å². The van der Waals surface area contributed by atoms with Crippen LogP contribution in [0.1, 0.15) is 111 Å². The zero-order valence-corrected chi connectivity index (χ0v) is 24.5. The molecule has 1 aromatic carbocycles. The predicted octanol–water partition coefficient (Wildman–Crippen LogP) is 9.80. The van der Waals surface area contributed by atoms with Gasteiger partial charge >= 0.3 is 0 Å². The van der Waals surface area contributed by atoms with Crippen molar-refractivity contribution in [1.82, 2.24) is 0 Å². The Labute approximate surface area is 226 Å². The van der Waals surface area contributed by atoms with Crippen molar-refractivity contribution in [2.45, 2.75) is 112 Å². The molecule has 2 unspecified atom stereocenters. The number of hydrogen-bond donors (Lipinski definition) is 0. The molecular formula is C34H51ClO. The van der Waals surface area contributed by atoms with E-state index >= 15 is 0 Å². The fraction of sp³-hybridized carbons (Fsp3) is 0.794. The quantitative estimate of drug-likeness (QED) is 0.356. The molecule has 4 saturated carbocycles. The zero-order valence-electron chi connectivity index (χ0n) is 23.7. The summed E-state index contributed by atoms with van der Waals surface area (Å²) >= 11 is 6.15. The highest BCUT2D eigenvalue weighted by atomic mass is 35.5. The van der Waals surface area contributed by atoms with Crippen LogP contribution in [0.15, 0.2) is 24.3 Å². The van der Waals surface area contributed by atoms with Crippen molar-refractivity contribution in [1.29, 1.82) is 0 Å². The fourth-order valence-corrected chi connectivity index (χ4v) is 10.6. The first-order valence-corrected chi connectivity index (χ1v) is 15.8. The van der Waals surface area contributed by atoms with Crippen LogP contribution in [0.3, 0.4) is 0 Å². The topological polar surface area (TPSA) is 17.1 Å². The minimum absolute atomic E-state index is 0.205. The van der Waals surface area contributed by atoms with E-state index in [1.807, 2.05) is 12.1 Å². The van der Waals surface area contributed by atoms with Gasteiger partial charge in [-0.15, -0.1) is 0 Å². The third kappa shape index (κ3) is 4.74. The van der Waals surface area contributed by atoms with Crippen LogP contribution in [0.5, 0.6) is 0 Å².